The molecule has 2 heterocycles. The van der Waals surface area contributed by atoms with Gasteiger partial charge in [-0.1, -0.05) is 13.8 Å². The van der Waals surface area contributed by atoms with Gasteiger partial charge < -0.3 is 10.0 Å². The predicted octanol–water partition coefficient (Wildman–Crippen LogP) is 2.06. The molecule has 4 heteroatoms. The van der Waals surface area contributed by atoms with Crippen molar-refractivity contribution in [2.45, 2.75) is 39.3 Å². The van der Waals surface area contributed by atoms with Crippen LogP contribution in [0.1, 0.15) is 39.0 Å². The second kappa shape index (κ2) is 6.35. The van der Waals surface area contributed by atoms with Crippen molar-refractivity contribution in [2.24, 2.45) is 0 Å². The van der Waals surface area contributed by atoms with E-state index in [1.165, 1.54) is 0 Å². The zero-order valence-electron chi connectivity index (χ0n) is 12.2. The predicted molar refractivity (Wildman–Crippen MR) is 78.4 cm³/mol. The first-order valence-electron chi connectivity index (χ1n) is 7.28. The minimum Gasteiger partial charge on any atom is -0.387 e. The maximum Gasteiger partial charge on any atom is 0.0957 e. The molecule has 19 heavy (non-hydrogen) atoms. The van der Waals surface area contributed by atoms with Crippen molar-refractivity contribution in [2.75, 3.05) is 31.1 Å². The van der Waals surface area contributed by atoms with Crippen LogP contribution >= 0.6 is 0 Å². The minimum atomic E-state index is -0.440. The highest BCUT2D eigenvalue weighted by molar-refractivity contribution is 5.45. The summed E-state index contributed by atoms with van der Waals surface area (Å²) in [6.07, 6.45) is 2.16. The summed E-state index contributed by atoms with van der Waals surface area (Å²) in [5.41, 5.74) is 1.93. The number of hydrogen-bond donors (Lipinski definition) is 1. The van der Waals surface area contributed by atoms with Crippen LogP contribution in [0.3, 0.4) is 0 Å². The Bertz CT molecular complexity index is 393. The first kappa shape index (κ1) is 14.3. The molecule has 2 rings (SSSR count). The molecule has 0 saturated carbocycles. The van der Waals surface area contributed by atoms with Gasteiger partial charge in [0.1, 0.15) is 0 Å². The molecule has 0 radical (unpaired) electrons. The molecule has 0 spiro atoms. The van der Waals surface area contributed by atoms with Gasteiger partial charge >= 0.3 is 0 Å². The molecule has 4 nitrogen and oxygen atoms in total. The monoisotopic (exact) mass is 263 g/mol. The number of aromatic nitrogens is 1. The SMILES string of the molecule is CC[C@H](O)c1ccc(N2CCN(CC)C(C)C2)cn1. The third-order valence-electron chi connectivity index (χ3n) is 4.04. The number of piperazine rings is 1. The number of rotatable bonds is 4. The van der Waals surface area contributed by atoms with Crippen LogP contribution < -0.4 is 4.90 Å². The Morgan fingerprint density at radius 3 is 2.68 bits per heavy atom. The van der Waals surface area contributed by atoms with E-state index in [0.717, 1.165) is 37.6 Å². The molecule has 1 unspecified atom stereocenters. The van der Waals surface area contributed by atoms with E-state index >= 15 is 0 Å². The number of aliphatic hydroxyl groups excluding tert-OH is 1. The van der Waals surface area contributed by atoms with E-state index in [9.17, 15) is 5.11 Å². The molecule has 1 saturated heterocycles. The van der Waals surface area contributed by atoms with Gasteiger partial charge in [-0.15, -0.1) is 0 Å². The Kier molecular flexibility index (Phi) is 4.77. The summed E-state index contributed by atoms with van der Waals surface area (Å²) in [5, 5.41) is 9.76. The van der Waals surface area contributed by atoms with Gasteiger partial charge in [-0.05, 0) is 32.0 Å². The fraction of sp³-hybridized carbons (Fsp3) is 0.667. The van der Waals surface area contributed by atoms with Crippen LogP contribution in [-0.2, 0) is 0 Å². The molecule has 0 aromatic carbocycles. The van der Waals surface area contributed by atoms with Crippen molar-refractivity contribution in [3.63, 3.8) is 0 Å². The first-order chi connectivity index (χ1) is 9.15. The zero-order chi connectivity index (χ0) is 13.8. The fourth-order valence-corrected chi connectivity index (χ4v) is 2.69. The van der Waals surface area contributed by atoms with Crippen LogP contribution in [-0.4, -0.2) is 47.2 Å². The number of pyridine rings is 1. The summed E-state index contributed by atoms with van der Waals surface area (Å²) in [5.74, 6) is 0. The van der Waals surface area contributed by atoms with E-state index < -0.39 is 6.10 Å². The van der Waals surface area contributed by atoms with Crippen molar-refractivity contribution >= 4 is 5.69 Å². The fourth-order valence-electron chi connectivity index (χ4n) is 2.69. The lowest BCUT2D eigenvalue weighted by Gasteiger charge is -2.40. The average molecular weight is 263 g/mol. The first-order valence-corrected chi connectivity index (χ1v) is 7.28. The largest absolute Gasteiger partial charge is 0.387 e. The molecule has 1 aliphatic rings. The van der Waals surface area contributed by atoms with Crippen LogP contribution in [0, 0.1) is 0 Å². The molecule has 106 valence electrons. The van der Waals surface area contributed by atoms with Crippen LogP contribution in [0.25, 0.3) is 0 Å². The summed E-state index contributed by atoms with van der Waals surface area (Å²) in [7, 11) is 0. The molecule has 2 atom stereocenters. The molecule has 1 fully saturated rings. The van der Waals surface area contributed by atoms with Crippen molar-refractivity contribution < 1.29 is 5.11 Å². The second-order valence-electron chi connectivity index (χ2n) is 5.29. The van der Waals surface area contributed by atoms with Crippen LogP contribution in [0.5, 0.6) is 0 Å². The average Bonchev–Trinajstić information content (AvgIpc) is 2.46. The molecule has 0 bridgehead atoms. The smallest absolute Gasteiger partial charge is 0.0957 e. The van der Waals surface area contributed by atoms with Gasteiger partial charge in [0, 0.05) is 25.7 Å². The van der Waals surface area contributed by atoms with Gasteiger partial charge in [-0.3, -0.25) is 9.88 Å². The minimum absolute atomic E-state index is 0.440. The lowest BCUT2D eigenvalue weighted by molar-refractivity contribution is 0.169. The Labute approximate surface area is 116 Å². The highest BCUT2D eigenvalue weighted by atomic mass is 16.3. The second-order valence-corrected chi connectivity index (χ2v) is 5.29. The van der Waals surface area contributed by atoms with Gasteiger partial charge in [-0.25, -0.2) is 0 Å². The quantitative estimate of drug-likeness (QED) is 0.902. The molecule has 1 aromatic rings. The number of likely N-dealkylation sites (N-methyl/N-ethyl adjacent to an activating group) is 1. The molecule has 0 aliphatic carbocycles. The number of hydrogen-bond acceptors (Lipinski definition) is 4. The van der Waals surface area contributed by atoms with E-state index in [1.807, 2.05) is 19.2 Å². The van der Waals surface area contributed by atoms with E-state index in [-0.39, 0.29) is 0 Å². The lowest BCUT2D eigenvalue weighted by Crippen LogP contribution is -2.51. The van der Waals surface area contributed by atoms with Gasteiger partial charge in [-0.2, -0.15) is 0 Å². The molecular weight excluding hydrogens is 238 g/mol. The van der Waals surface area contributed by atoms with Crippen molar-refractivity contribution in [1.82, 2.24) is 9.88 Å². The van der Waals surface area contributed by atoms with Crippen molar-refractivity contribution in [1.29, 1.82) is 0 Å². The van der Waals surface area contributed by atoms with Gasteiger partial charge in [0.2, 0.25) is 0 Å². The third kappa shape index (κ3) is 3.25. The highest BCUT2D eigenvalue weighted by Gasteiger charge is 2.22. The highest BCUT2D eigenvalue weighted by Crippen LogP contribution is 2.21. The van der Waals surface area contributed by atoms with Crippen molar-refractivity contribution in [3.8, 4) is 0 Å². The lowest BCUT2D eigenvalue weighted by atomic mass is 10.1. The Hall–Kier alpha value is -1.13. The standard InChI is InChI=1S/C15H25N3O/c1-4-15(19)14-7-6-13(10-16-14)18-9-8-17(5-2)12(3)11-18/h6-7,10,12,15,19H,4-5,8-9,11H2,1-3H3/t12?,15-/m0/s1. The zero-order valence-corrected chi connectivity index (χ0v) is 12.2. The Morgan fingerprint density at radius 1 is 1.37 bits per heavy atom. The van der Waals surface area contributed by atoms with E-state index in [2.05, 4.69) is 34.7 Å². The van der Waals surface area contributed by atoms with Crippen LogP contribution in [0.2, 0.25) is 0 Å². The molecular formula is C15H25N3O. The summed E-state index contributed by atoms with van der Waals surface area (Å²) < 4.78 is 0. The van der Waals surface area contributed by atoms with E-state index in [0.29, 0.717) is 12.5 Å². The van der Waals surface area contributed by atoms with Crippen LogP contribution in [0.4, 0.5) is 5.69 Å². The molecule has 0 amide bonds. The normalized spacial score (nSPS) is 22.5. The number of nitrogens with zero attached hydrogens (tertiary/aromatic N) is 3. The Morgan fingerprint density at radius 2 is 2.16 bits per heavy atom. The van der Waals surface area contributed by atoms with Crippen LogP contribution in [0.15, 0.2) is 18.3 Å². The van der Waals surface area contributed by atoms with Crippen molar-refractivity contribution in [3.05, 3.63) is 24.0 Å². The number of anilines is 1. The summed E-state index contributed by atoms with van der Waals surface area (Å²) in [6.45, 7) is 10.8. The maximum absolute atomic E-state index is 9.76. The topological polar surface area (TPSA) is 39.6 Å². The Balaban J connectivity index is 2.03. The molecule has 1 aromatic heterocycles. The molecule has 1 aliphatic heterocycles. The van der Waals surface area contributed by atoms with Gasteiger partial charge in [0.05, 0.1) is 23.7 Å². The summed E-state index contributed by atoms with van der Waals surface area (Å²) >= 11 is 0. The number of aliphatic hydroxyl groups is 1. The third-order valence-corrected chi connectivity index (χ3v) is 4.04. The van der Waals surface area contributed by atoms with E-state index in [1.54, 1.807) is 0 Å². The summed E-state index contributed by atoms with van der Waals surface area (Å²) in [4.78, 5) is 9.26. The van der Waals surface area contributed by atoms with E-state index in [4.69, 9.17) is 0 Å². The maximum atomic E-state index is 9.76. The van der Waals surface area contributed by atoms with Gasteiger partial charge in [0.25, 0.3) is 0 Å². The molecule has 1 N–H and O–H groups in total. The van der Waals surface area contributed by atoms with Gasteiger partial charge in [0.15, 0.2) is 0 Å². The summed E-state index contributed by atoms with van der Waals surface area (Å²) in [6, 6.07) is 4.61.